The van der Waals surface area contributed by atoms with Crippen molar-refractivity contribution in [3.63, 3.8) is 0 Å². The summed E-state index contributed by atoms with van der Waals surface area (Å²) in [6, 6.07) is 0. The average molecular weight is 263 g/mol. The molecule has 111 valence electrons. The van der Waals surface area contributed by atoms with Gasteiger partial charge in [0.25, 0.3) is 0 Å². The molecule has 0 aromatic carbocycles. The lowest BCUT2D eigenvalue weighted by molar-refractivity contribution is 0.611. The molecule has 0 heteroatoms. The van der Waals surface area contributed by atoms with Gasteiger partial charge in [-0.25, -0.2) is 0 Å². The van der Waals surface area contributed by atoms with Crippen molar-refractivity contribution in [1.29, 1.82) is 0 Å². The van der Waals surface area contributed by atoms with Gasteiger partial charge in [-0.1, -0.05) is 89.9 Å². The van der Waals surface area contributed by atoms with Gasteiger partial charge in [-0.15, -0.1) is 0 Å². The van der Waals surface area contributed by atoms with Crippen molar-refractivity contribution in [1.82, 2.24) is 0 Å². The van der Waals surface area contributed by atoms with Gasteiger partial charge in [0.2, 0.25) is 0 Å². The quantitative estimate of drug-likeness (QED) is 0.233. The van der Waals surface area contributed by atoms with E-state index in [4.69, 9.17) is 0 Å². The Labute approximate surface area is 122 Å². The molecule has 0 rings (SSSR count). The van der Waals surface area contributed by atoms with Crippen LogP contribution in [0, 0.1) is 6.08 Å². The van der Waals surface area contributed by atoms with Gasteiger partial charge in [-0.05, 0) is 31.8 Å². The number of rotatable bonds is 14. The molecule has 0 saturated heterocycles. The fourth-order valence-corrected chi connectivity index (χ4v) is 2.20. The van der Waals surface area contributed by atoms with Crippen LogP contribution in [0.15, 0.2) is 18.2 Å². The van der Waals surface area contributed by atoms with E-state index in [2.05, 4.69) is 38.2 Å². The molecule has 0 aliphatic heterocycles. The van der Waals surface area contributed by atoms with E-state index in [1.807, 2.05) is 0 Å². The Morgan fingerprint density at radius 3 is 1.79 bits per heavy atom. The van der Waals surface area contributed by atoms with Crippen LogP contribution in [0.25, 0.3) is 0 Å². The molecule has 0 aromatic rings. The molecule has 0 saturated carbocycles. The zero-order valence-electron chi connectivity index (χ0n) is 13.4. The Morgan fingerprint density at radius 1 is 0.632 bits per heavy atom. The maximum absolute atomic E-state index is 3.28. The van der Waals surface area contributed by atoms with Crippen molar-refractivity contribution >= 4 is 0 Å². The number of allylic oxidation sites excluding steroid dienone is 4. The van der Waals surface area contributed by atoms with E-state index in [1.165, 1.54) is 83.5 Å². The molecule has 0 nitrogen and oxygen atoms in total. The van der Waals surface area contributed by atoms with E-state index in [0.29, 0.717) is 0 Å². The van der Waals surface area contributed by atoms with E-state index in [1.54, 1.807) is 0 Å². The lowest BCUT2D eigenvalue weighted by Gasteiger charge is -1.97. The molecule has 0 aliphatic rings. The van der Waals surface area contributed by atoms with Gasteiger partial charge in [-0.2, -0.15) is 0 Å². The second-order valence-corrected chi connectivity index (χ2v) is 5.53. The zero-order chi connectivity index (χ0) is 14.0. The first-order valence-electron chi connectivity index (χ1n) is 8.64. The van der Waals surface area contributed by atoms with Gasteiger partial charge in [0.05, 0.1) is 0 Å². The summed E-state index contributed by atoms with van der Waals surface area (Å²) < 4.78 is 0. The molecular weight excluding hydrogens is 228 g/mol. The smallest absolute Gasteiger partial charge is 0.0230 e. The van der Waals surface area contributed by atoms with Crippen molar-refractivity contribution in [2.45, 2.75) is 97.3 Å². The van der Waals surface area contributed by atoms with Gasteiger partial charge in [0.15, 0.2) is 0 Å². The minimum atomic E-state index is 1.20. The minimum Gasteiger partial charge on any atom is -0.0839 e. The number of hydrogen-bond donors (Lipinski definition) is 0. The summed E-state index contributed by atoms with van der Waals surface area (Å²) in [5, 5.41) is 0. The van der Waals surface area contributed by atoms with Gasteiger partial charge >= 0.3 is 0 Å². The molecule has 1 radical (unpaired) electrons. The summed E-state index contributed by atoms with van der Waals surface area (Å²) in [5.41, 5.74) is 0. The van der Waals surface area contributed by atoms with Gasteiger partial charge in [0.1, 0.15) is 0 Å². The highest BCUT2D eigenvalue weighted by molar-refractivity contribution is 4.94. The van der Waals surface area contributed by atoms with E-state index in [9.17, 15) is 0 Å². The van der Waals surface area contributed by atoms with Crippen molar-refractivity contribution in [2.24, 2.45) is 0 Å². The fourth-order valence-electron chi connectivity index (χ4n) is 2.20. The van der Waals surface area contributed by atoms with Gasteiger partial charge in [0, 0.05) is 0 Å². The van der Waals surface area contributed by atoms with Crippen LogP contribution in [0.5, 0.6) is 0 Å². The lowest BCUT2D eigenvalue weighted by Crippen LogP contribution is -1.77. The summed E-state index contributed by atoms with van der Waals surface area (Å²) in [5.74, 6) is 0. The van der Waals surface area contributed by atoms with E-state index in [0.717, 1.165) is 0 Å². The number of hydrogen-bond acceptors (Lipinski definition) is 0. The van der Waals surface area contributed by atoms with Crippen LogP contribution in [0.3, 0.4) is 0 Å². The third-order valence-corrected chi connectivity index (χ3v) is 3.51. The van der Waals surface area contributed by atoms with E-state index in [-0.39, 0.29) is 0 Å². The highest BCUT2D eigenvalue weighted by atomic mass is 13.9. The Morgan fingerprint density at radius 2 is 1.16 bits per heavy atom. The number of unbranched alkanes of at least 4 members (excludes halogenated alkanes) is 11. The fraction of sp³-hybridized carbons (Fsp3) is 0.789. The van der Waals surface area contributed by atoms with E-state index < -0.39 is 0 Å². The molecule has 0 atom stereocenters. The monoisotopic (exact) mass is 263 g/mol. The standard InChI is InChI=1S/C19H35/c1-3-5-7-9-11-13-15-17-19-18-16-14-12-10-8-6-4-2/h15,17-18H,3-14,16H2,1-2H3/b17-15+,19-18?. The molecule has 0 fully saturated rings. The largest absolute Gasteiger partial charge is 0.0839 e. The Hall–Kier alpha value is -0.520. The molecule has 0 unspecified atom stereocenters. The van der Waals surface area contributed by atoms with Crippen LogP contribution in [-0.4, -0.2) is 0 Å². The van der Waals surface area contributed by atoms with Crippen molar-refractivity contribution in [3.05, 3.63) is 24.3 Å². The Balaban J connectivity index is 3.15. The molecule has 0 spiro atoms. The van der Waals surface area contributed by atoms with Crippen LogP contribution < -0.4 is 0 Å². The van der Waals surface area contributed by atoms with Crippen LogP contribution in [-0.2, 0) is 0 Å². The first-order valence-corrected chi connectivity index (χ1v) is 8.64. The second kappa shape index (κ2) is 17.5. The molecule has 19 heavy (non-hydrogen) atoms. The highest BCUT2D eigenvalue weighted by Crippen LogP contribution is 2.07. The van der Waals surface area contributed by atoms with Crippen molar-refractivity contribution in [2.75, 3.05) is 0 Å². The van der Waals surface area contributed by atoms with Crippen LogP contribution >= 0.6 is 0 Å². The third kappa shape index (κ3) is 17.5. The zero-order valence-corrected chi connectivity index (χ0v) is 13.4. The summed E-state index contributed by atoms with van der Waals surface area (Å²) in [6.45, 7) is 4.54. The Kier molecular flexibility index (Phi) is 17.0. The third-order valence-electron chi connectivity index (χ3n) is 3.51. The first-order chi connectivity index (χ1) is 9.41. The van der Waals surface area contributed by atoms with Crippen molar-refractivity contribution in [3.8, 4) is 0 Å². The summed E-state index contributed by atoms with van der Waals surface area (Å²) in [4.78, 5) is 0. The summed E-state index contributed by atoms with van der Waals surface area (Å²) in [6.07, 6.45) is 27.5. The lowest BCUT2D eigenvalue weighted by atomic mass is 10.1. The topological polar surface area (TPSA) is 0 Å². The molecule has 0 bridgehead atoms. The molecule has 0 amide bonds. The maximum Gasteiger partial charge on any atom is -0.0230 e. The molecule has 0 aromatic heterocycles. The predicted molar refractivity (Wildman–Crippen MR) is 88.3 cm³/mol. The Bertz CT molecular complexity index is 200. The van der Waals surface area contributed by atoms with Gasteiger partial charge < -0.3 is 0 Å². The highest BCUT2D eigenvalue weighted by Gasteiger charge is 1.88. The molecule has 0 aliphatic carbocycles. The summed E-state index contributed by atoms with van der Waals surface area (Å²) in [7, 11) is 0. The van der Waals surface area contributed by atoms with Crippen molar-refractivity contribution < 1.29 is 0 Å². The SMILES string of the molecule is CCCCCCC/C=C/[C]=C\CCCCCCCC. The van der Waals surface area contributed by atoms with Crippen LogP contribution in [0.4, 0.5) is 0 Å². The minimum absolute atomic E-state index is 1.20. The normalized spacial score (nSPS) is 11.9. The van der Waals surface area contributed by atoms with Gasteiger partial charge in [-0.3, -0.25) is 0 Å². The van der Waals surface area contributed by atoms with Crippen LogP contribution in [0.2, 0.25) is 0 Å². The first kappa shape index (κ1) is 18.5. The molecular formula is C19H35. The maximum atomic E-state index is 3.28. The summed E-state index contributed by atoms with van der Waals surface area (Å²) >= 11 is 0. The second-order valence-electron chi connectivity index (χ2n) is 5.53. The molecule has 0 heterocycles. The van der Waals surface area contributed by atoms with E-state index >= 15 is 0 Å². The molecule has 0 N–H and O–H groups in total. The predicted octanol–water partition coefficient (Wildman–Crippen LogP) is 7.01. The average Bonchev–Trinajstić information content (AvgIpc) is 2.43. The van der Waals surface area contributed by atoms with Crippen LogP contribution in [0.1, 0.15) is 97.3 Å².